The maximum Gasteiger partial charge on any atom is 0.410 e. The number of benzene rings is 1. The Morgan fingerprint density at radius 3 is 2.54 bits per heavy atom. The van der Waals surface area contributed by atoms with Gasteiger partial charge in [0.05, 0.1) is 24.9 Å². The van der Waals surface area contributed by atoms with Crippen LogP contribution in [0.3, 0.4) is 0 Å². The maximum absolute atomic E-state index is 13.4. The summed E-state index contributed by atoms with van der Waals surface area (Å²) in [5.74, 6) is 0.397. The van der Waals surface area contributed by atoms with Gasteiger partial charge < -0.3 is 10.1 Å². The molecule has 128 valence electrons. The number of alkyl halides is 3. The second kappa shape index (κ2) is 5.85. The number of Topliss-reactive ketones (excluding diaryl/α,β-unsaturated/α-hetero) is 1. The van der Waals surface area contributed by atoms with Crippen LogP contribution in [0, 0.1) is 0 Å². The topological polar surface area (TPSA) is 56.2 Å². The quantitative estimate of drug-likeness (QED) is 0.865. The minimum Gasteiger partial charge on any atom is -0.497 e. The lowest BCUT2D eigenvalue weighted by Gasteiger charge is -2.34. The first-order valence-electron chi connectivity index (χ1n) is 7.37. The maximum atomic E-state index is 13.4. The normalized spacial score (nSPS) is 20.2. The van der Waals surface area contributed by atoms with E-state index in [1.165, 1.54) is 20.2 Å². The first-order valence-corrected chi connectivity index (χ1v) is 7.37. The van der Waals surface area contributed by atoms with Crippen LogP contribution >= 0.6 is 0 Å². The molecule has 0 amide bonds. The molecule has 0 saturated carbocycles. The zero-order chi connectivity index (χ0) is 17.5. The van der Waals surface area contributed by atoms with Crippen molar-refractivity contribution in [1.82, 2.24) is 9.78 Å². The number of hydrogen-bond donors (Lipinski definition) is 1. The molecule has 0 saturated heterocycles. The van der Waals surface area contributed by atoms with Crippen LogP contribution in [-0.2, 0) is 0 Å². The van der Waals surface area contributed by atoms with E-state index in [4.69, 9.17) is 4.74 Å². The van der Waals surface area contributed by atoms with E-state index in [-0.39, 0.29) is 23.6 Å². The molecule has 0 bridgehead atoms. The Morgan fingerprint density at radius 1 is 1.33 bits per heavy atom. The first kappa shape index (κ1) is 16.4. The lowest BCUT2D eigenvalue weighted by molar-refractivity contribution is -0.173. The highest BCUT2D eigenvalue weighted by atomic mass is 19.4. The number of nitrogens with zero attached hydrogens (tertiary/aromatic N) is 2. The third-order valence-corrected chi connectivity index (χ3v) is 4.14. The Bertz CT molecular complexity index is 753. The zero-order valence-corrected chi connectivity index (χ0v) is 13.1. The summed E-state index contributed by atoms with van der Waals surface area (Å²) in [5, 5.41) is 6.80. The average molecular weight is 339 g/mol. The van der Waals surface area contributed by atoms with Gasteiger partial charge in [-0.15, -0.1) is 0 Å². The van der Waals surface area contributed by atoms with Crippen molar-refractivity contribution in [3.8, 4) is 5.75 Å². The van der Waals surface area contributed by atoms with Crippen LogP contribution in [0.4, 0.5) is 19.0 Å². The van der Waals surface area contributed by atoms with Crippen molar-refractivity contribution in [3.63, 3.8) is 0 Å². The van der Waals surface area contributed by atoms with Crippen molar-refractivity contribution in [1.29, 1.82) is 0 Å². The number of ketones is 1. The number of carbonyl (C=O) groups excluding carboxylic acids is 1. The summed E-state index contributed by atoms with van der Waals surface area (Å²) >= 11 is 0. The lowest BCUT2D eigenvalue weighted by Crippen LogP contribution is -2.36. The fraction of sp³-hybridized carbons (Fsp3) is 0.375. The summed E-state index contributed by atoms with van der Waals surface area (Å²) in [6.07, 6.45) is -3.48. The Labute approximate surface area is 136 Å². The largest absolute Gasteiger partial charge is 0.497 e. The molecule has 1 aliphatic rings. The van der Waals surface area contributed by atoms with Crippen LogP contribution in [0.2, 0.25) is 0 Å². The van der Waals surface area contributed by atoms with E-state index in [0.29, 0.717) is 11.3 Å². The van der Waals surface area contributed by atoms with Gasteiger partial charge in [0.15, 0.2) is 11.8 Å². The second-order valence-electron chi connectivity index (χ2n) is 5.67. The van der Waals surface area contributed by atoms with Crippen molar-refractivity contribution >= 4 is 11.6 Å². The van der Waals surface area contributed by atoms with E-state index >= 15 is 0 Å². The molecule has 0 aliphatic carbocycles. The van der Waals surface area contributed by atoms with Gasteiger partial charge in [0, 0.05) is 6.42 Å². The minimum absolute atomic E-state index is 0.108. The lowest BCUT2D eigenvalue weighted by atomic mass is 9.96. The third kappa shape index (κ3) is 2.83. The molecule has 24 heavy (non-hydrogen) atoms. The number of anilines is 1. The summed E-state index contributed by atoms with van der Waals surface area (Å²) in [4.78, 5) is 11.7. The van der Waals surface area contributed by atoms with Crippen LogP contribution in [0.25, 0.3) is 0 Å². The van der Waals surface area contributed by atoms with E-state index in [0.717, 1.165) is 4.68 Å². The molecule has 1 N–H and O–H groups in total. The molecule has 2 unspecified atom stereocenters. The molecule has 1 aliphatic heterocycles. The smallest absolute Gasteiger partial charge is 0.410 e. The van der Waals surface area contributed by atoms with Gasteiger partial charge in [-0.3, -0.25) is 4.79 Å². The molecule has 0 radical (unpaired) electrons. The number of fused-ring (bicyclic) bond motifs is 1. The highest BCUT2D eigenvalue weighted by Gasteiger charge is 2.47. The molecule has 2 heterocycles. The number of halogens is 3. The predicted octanol–water partition coefficient (Wildman–Crippen LogP) is 3.75. The van der Waals surface area contributed by atoms with E-state index in [1.807, 2.05) is 0 Å². The number of ether oxygens (including phenoxy) is 1. The highest BCUT2D eigenvalue weighted by Crippen LogP contribution is 2.44. The summed E-state index contributed by atoms with van der Waals surface area (Å²) in [7, 11) is 1.52. The Morgan fingerprint density at radius 2 is 2.00 bits per heavy atom. The second-order valence-corrected chi connectivity index (χ2v) is 5.67. The third-order valence-electron chi connectivity index (χ3n) is 4.14. The Balaban J connectivity index is 2.02. The molecule has 2 atom stereocenters. The van der Waals surface area contributed by atoms with Crippen molar-refractivity contribution in [2.45, 2.75) is 31.6 Å². The fourth-order valence-electron chi connectivity index (χ4n) is 2.88. The van der Waals surface area contributed by atoms with Crippen LogP contribution in [0.15, 0.2) is 30.5 Å². The minimum atomic E-state index is -4.46. The summed E-state index contributed by atoms with van der Waals surface area (Å²) in [6.45, 7) is 1.30. The van der Waals surface area contributed by atoms with E-state index in [1.54, 1.807) is 24.3 Å². The number of methoxy groups -OCH3 is 1. The van der Waals surface area contributed by atoms with Gasteiger partial charge >= 0.3 is 6.18 Å². The van der Waals surface area contributed by atoms with Gasteiger partial charge in [-0.1, -0.05) is 12.1 Å². The number of aromatic nitrogens is 2. The molecular weight excluding hydrogens is 323 g/mol. The fourth-order valence-corrected chi connectivity index (χ4v) is 2.88. The molecular formula is C16H16F3N3O2. The monoisotopic (exact) mass is 339 g/mol. The summed E-state index contributed by atoms with van der Waals surface area (Å²) < 4.78 is 46.3. The van der Waals surface area contributed by atoms with Gasteiger partial charge in [0.2, 0.25) is 0 Å². The number of hydrogen-bond acceptors (Lipinski definition) is 4. The SMILES string of the molecule is COc1ccc(C2CC(C(F)(F)F)n3ncc(C(C)=O)c3N2)cc1. The molecule has 5 nitrogen and oxygen atoms in total. The molecule has 1 aromatic heterocycles. The van der Waals surface area contributed by atoms with E-state index in [2.05, 4.69) is 10.4 Å². The van der Waals surface area contributed by atoms with Crippen molar-refractivity contribution < 1.29 is 22.7 Å². The molecule has 1 aromatic carbocycles. The van der Waals surface area contributed by atoms with Gasteiger partial charge in [0.25, 0.3) is 0 Å². The van der Waals surface area contributed by atoms with Gasteiger partial charge in [-0.2, -0.15) is 18.3 Å². The molecule has 2 aromatic rings. The Kier molecular flexibility index (Phi) is 3.98. The van der Waals surface area contributed by atoms with E-state index < -0.39 is 18.3 Å². The van der Waals surface area contributed by atoms with Crippen molar-refractivity contribution in [2.24, 2.45) is 0 Å². The summed E-state index contributed by atoms with van der Waals surface area (Å²) in [6, 6.07) is 4.44. The molecule has 8 heteroatoms. The highest BCUT2D eigenvalue weighted by molar-refractivity contribution is 5.98. The van der Waals surface area contributed by atoms with Gasteiger partial charge in [-0.25, -0.2) is 4.68 Å². The molecule has 0 spiro atoms. The Hall–Kier alpha value is -2.51. The standard InChI is InChI=1S/C16H16F3N3O2/c1-9(23)12-8-20-22-14(16(17,18)19)7-13(21-15(12)22)10-3-5-11(24-2)6-4-10/h3-6,8,13-14,21H,7H2,1-2H3. The molecule has 3 rings (SSSR count). The summed E-state index contributed by atoms with van der Waals surface area (Å²) in [5.41, 5.74) is 0.842. The van der Waals surface area contributed by atoms with Crippen molar-refractivity contribution in [3.05, 3.63) is 41.6 Å². The predicted molar refractivity (Wildman–Crippen MR) is 81.3 cm³/mol. The van der Waals surface area contributed by atoms with Crippen LogP contribution < -0.4 is 10.1 Å². The van der Waals surface area contributed by atoms with Gasteiger partial charge in [-0.05, 0) is 24.6 Å². The number of rotatable bonds is 3. The zero-order valence-electron chi connectivity index (χ0n) is 13.1. The van der Waals surface area contributed by atoms with Gasteiger partial charge in [0.1, 0.15) is 11.6 Å². The van der Waals surface area contributed by atoms with Crippen LogP contribution in [0.5, 0.6) is 5.75 Å². The van der Waals surface area contributed by atoms with Crippen LogP contribution in [0.1, 0.15) is 41.3 Å². The molecule has 0 fully saturated rings. The van der Waals surface area contributed by atoms with Crippen molar-refractivity contribution in [2.75, 3.05) is 12.4 Å². The van der Waals surface area contributed by atoms with Crippen LogP contribution in [-0.4, -0.2) is 28.8 Å². The first-order chi connectivity index (χ1) is 11.3. The number of carbonyl (C=O) groups is 1. The van der Waals surface area contributed by atoms with E-state index in [9.17, 15) is 18.0 Å². The number of nitrogens with one attached hydrogen (secondary N) is 1. The average Bonchev–Trinajstić information content (AvgIpc) is 2.97.